The van der Waals surface area contributed by atoms with Gasteiger partial charge in [0.2, 0.25) is 0 Å². The number of amides is 2. The molecule has 0 radical (unpaired) electrons. The van der Waals surface area contributed by atoms with Gasteiger partial charge in [0, 0.05) is 11.1 Å². The Bertz CT molecular complexity index is 925. The van der Waals surface area contributed by atoms with Crippen molar-refractivity contribution < 1.29 is 14.0 Å². The number of nitrogens with zero attached hydrogens (tertiary/aromatic N) is 1. The molecule has 0 saturated heterocycles. The minimum absolute atomic E-state index is 0.246. The summed E-state index contributed by atoms with van der Waals surface area (Å²) in [6.45, 7) is 5.29. The van der Waals surface area contributed by atoms with Crippen LogP contribution in [0, 0.1) is 20.8 Å². The Labute approximate surface area is 144 Å². The molecule has 0 fully saturated rings. The first-order valence-electron chi connectivity index (χ1n) is 7.75. The van der Waals surface area contributed by atoms with Gasteiger partial charge in [-0.05, 0) is 26.8 Å². The monoisotopic (exact) mass is 338 g/mol. The number of aryl methyl sites for hydroxylation is 2. The fourth-order valence-electron chi connectivity index (χ4n) is 2.57. The minimum Gasteiger partial charge on any atom is -0.466 e. The van der Waals surface area contributed by atoms with Gasteiger partial charge in [-0.15, -0.1) is 0 Å². The molecule has 0 bridgehead atoms. The fourth-order valence-corrected chi connectivity index (χ4v) is 2.57. The number of aromatic amines is 1. The maximum atomic E-state index is 12.3. The standard InChI is InChI=1S/C18H18N4O3/c1-10-11(2)25-12(3)16(10)18(24)22-21-17(23)15-9-14(19-20-15)13-7-5-4-6-8-13/h4-9H,1-3H3,(H,19,20)(H,21,23)(H,22,24). The lowest BCUT2D eigenvalue weighted by Gasteiger charge is -2.06. The predicted octanol–water partition coefficient (Wildman–Crippen LogP) is 2.67. The Morgan fingerprint density at radius 2 is 1.68 bits per heavy atom. The number of rotatable bonds is 3. The number of hydrazine groups is 1. The molecule has 0 unspecified atom stereocenters. The average Bonchev–Trinajstić information content (AvgIpc) is 3.19. The van der Waals surface area contributed by atoms with Crippen LogP contribution >= 0.6 is 0 Å². The third-order valence-corrected chi connectivity index (χ3v) is 3.97. The van der Waals surface area contributed by atoms with E-state index in [4.69, 9.17) is 4.42 Å². The number of hydrogen-bond donors (Lipinski definition) is 3. The zero-order chi connectivity index (χ0) is 18.0. The van der Waals surface area contributed by atoms with Crippen LogP contribution in [0.25, 0.3) is 11.3 Å². The summed E-state index contributed by atoms with van der Waals surface area (Å²) in [5.74, 6) is 0.270. The number of hydrogen-bond acceptors (Lipinski definition) is 4. The van der Waals surface area contributed by atoms with Crippen molar-refractivity contribution in [3.8, 4) is 11.3 Å². The van der Waals surface area contributed by atoms with Gasteiger partial charge in [0.15, 0.2) is 0 Å². The molecule has 0 spiro atoms. The molecule has 0 aliphatic rings. The van der Waals surface area contributed by atoms with Crippen LogP contribution in [0.2, 0.25) is 0 Å². The number of aromatic nitrogens is 2. The number of furan rings is 1. The molecule has 7 nitrogen and oxygen atoms in total. The molecule has 2 heterocycles. The van der Waals surface area contributed by atoms with E-state index in [0.717, 1.165) is 11.1 Å². The summed E-state index contributed by atoms with van der Waals surface area (Å²) in [4.78, 5) is 24.4. The van der Waals surface area contributed by atoms with Crippen molar-refractivity contribution in [1.82, 2.24) is 21.0 Å². The molecule has 0 atom stereocenters. The highest BCUT2D eigenvalue weighted by molar-refractivity contribution is 6.00. The van der Waals surface area contributed by atoms with Crippen LogP contribution in [-0.4, -0.2) is 22.0 Å². The van der Waals surface area contributed by atoms with E-state index < -0.39 is 11.8 Å². The van der Waals surface area contributed by atoms with Gasteiger partial charge in [-0.25, -0.2) is 0 Å². The van der Waals surface area contributed by atoms with Gasteiger partial charge >= 0.3 is 0 Å². The molecule has 25 heavy (non-hydrogen) atoms. The Kier molecular flexibility index (Phi) is 4.38. The maximum absolute atomic E-state index is 12.3. The van der Waals surface area contributed by atoms with Crippen molar-refractivity contribution >= 4 is 11.8 Å². The van der Waals surface area contributed by atoms with Gasteiger partial charge in [0.25, 0.3) is 11.8 Å². The van der Waals surface area contributed by atoms with Crippen LogP contribution in [0.5, 0.6) is 0 Å². The van der Waals surface area contributed by atoms with E-state index in [1.54, 1.807) is 26.8 Å². The highest BCUT2D eigenvalue weighted by atomic mass is 16.3. The third kappa shape index (κ3) is 3.30. The maximum Gasteiger partial charge on any atom is 0.287 e. The van der Waals surface area contributed by atoms with Crippen molar-refractivity contribution in [2.45, 2.75) is 20.8 Å². The van der Waals surface area contributed by atoms with Crippen LogP contribution in [-0.2, 0) is 0 Å². The summed E-state index contributed by atoms with van der Waals surface area (Å²) < 4.78 is 5.42. The summed E-state index contributed by atoms with van der Waals surface area (Å²) in [6.07, 6.45) is 0. The Morgan fingerprint density at radius 1 is 1.00 bits per heavy atom. The largest absolute Gasteiger partial charge is 0.466 e. The molecule has 7 heteroatoms. The second kappa shape index (κ2) is 6.64. The van der Waals surface area contributed by atoms with Gasteiger partial charge in [0.05, 0.1) is 11.3 Å². The van der Waals surface area contributed by atoms with E-state index >= 15 is 0 Å². The minimum atomic E-state index is -0.487. The summed E-state index contributed by atoms with van der Waals surface area (Å²) in [6, 6.07) is 11.1. The number of carbonyl (C=O) groups excluding carboxylic acids is 2. The third-order valence-electron chi connectivity index (χ3n) is 3.97. The van der Waals surface area contributed by atoms with Crippen LogP contribution in [0.4, 0.5) is 0 Å². The molecule has 2 aromatic heterocycles. The lowest BCUT2D eigenvalue weighted by atomic mass is 10.1. The van der Waals surface area contributed by atoms with Crippen molar-refractivity contribution in [1.29, 1.82) is 0 Å². The summed E-state index contributed by atoms with van der Waals surface area (Å²) in [7, 11) is 0. The first kappa shape index (κ1) is 16.5. The summed E-state index contributed by atoms with van der Waals surface area (Å²) in [5, 5.41) is 6.77. The van der Waals surface area contributed by atoms with E-state index in [1.165, 1.54) is 0 Å². The van der Waals surface area contributed by atoms with Crippen molar-refractivity contribution in [3.05, 3.63) is 64.7 Å². The molecular formula is C18H18N4O3. The van der Waals surface area contributed by atoms with Gasteiger partial charge in [-0.1, -0.05) is 30.3 Å². The van der Waals surface area contributed by atoms with E-state index in [1.807, 2.05) is 30.3 Å². The smallest absolute Gasteiger partial charge is 0.287 e. The second-order valence-corrected chi connectivity index (χ2v) is 5.66. The quantitative estimate of drug-likeness (QED) is 0.639. The summed E-state index contributed by atoms with van der Waals surface area (Å²) in [5.41, 5.74) is 7.72. The lowest BCUT2D eigenvalue weighted by molar-refractivity contribution is 0.0842. The molecule has 2 amide bonds. The van der Waals surface area contributed by atoms with E-state index in [0.29, 0.717) is 22.8 Å². The first-order chi connectivity index (χ1) is 12.0. The predicted molar refractivity (Wildman–Crippen MR) is 91.9 cm³/mol. The zero-order valence-corrected chi connectivity index (χ0v) is 14.1. The van der Waals surface area contributed by atoms with E-state index in [2.05, 4.69) is 21.0 Å². The molecule has 3 aromatic rings. The Balaban J connectivity index is 1.67. The van der Waals surface area contributed by atoms with Crippen LogP contribution in [0.1, 0.15) is 37.9 Å². The number of benzene rings is 1. The van der Waals surface area contributed by atoms with Crippen molar-refractivity contribution in [2.24, 2.45) is 0 Å². The molecule has 0 aliphatic heterocycles. The molecule has 128 valence electrons. The van der Waals surface area contributed by atoms with Gasteiger partial charge in [-0.2, -0.15) is 5.10 Å². The molecule has 1 aromatic carbocycles. The van der Waals surface area contributed by atoms with Crippen LogP contribution in [0.3, 0.4) is 0 Å². The van der Waals surface area contributed by atoms with Gasteiger partial charge in [-0.3, -0.25) is 25.5 Å². The van der Waals surface area contributed by atoms with E-state index in [-0.39, 0.29) is 5.69 Å². The lowest BCUT2D eigenvalue weighted by Crippen LogP contribution is -2.42. The van der Waals surface area contributed by atoms with Crippen LogP contribution < -0.4 is 10.9 Å². The number of nitrogens with one attached hydrogen (secondary N) is 3. The molecular weight excluding hydrogens is 320 g/mol. The highest BCUT2D eigenvalue weighted by Crippen LogP contribution is 2.20. The molecule has 3 rings (SSSR count). The number of carbonyl (C=O) groups is 2. The highest BCUT2D eigenvalue weighted by Gasteiger charge is 2.19. The van der Waals surface area contributed by atoms with E-state index in [9.17, 15) is 9.59 Å². The molecule has 0 aliphatic carbocycles. The molecule has 0 saturated carbocycles. The Morgan fingerprint density at radius 3 is 2.32 bits per heavy atom. The van der Waals surface area contributed by atoms with Gasteiger partial charge < -0.3 is 4.42 Å². The molecule has 3 N–H and O–H groups in total. The SMILES string of the molecule is Cc1oc(C)c(C(=O)NNC(=O)c2cc(-c3ccccc3)n[nH]2)c1C. The first-order valence-corrected chi connectivity index (χ1v) is 7.75. The topological polar surface area (TPSA) is 100 Å². The van der Waals surface area contributed by atoms with Crippen molar-refractivity contribution in [2.75, 3.05) is 0 Å². The average molecular weight is 338 g/mol. The van der Waals surface area contributed by atoms with Gasteiger partial charge in [0.1, 0.15) is 17.2 Å². The number of H-pyrrole nitrogens is 1. The summed E-state index contributed by atoms with van der Waals surface area (Å²) >= 11 is 0. The normalized spacial score (nSPS) is 10.5. The Hall–Kier alpha value is -3.35. The fraction of sp³-hybridized carbons (Fsp3) is 0.167. The van der Waals surface area contributed by atoms with Crippen molar-refractivity contribution in [3.63, 3.8) is 0 Å². The second-order valence-electron chi connectivity index (χ2n) is 5.66. The van der Waals surface area contributed by atoms with Crippen LogP contribution in [0.15, 0.2) is 40.8 Å². The zero-order valence-electron chi connectivity index (χ0n) is 14.1.